The van der Waals surface area contributed by atoms with Gasteiger partial charge in [-0.2, -0.15) is 0 Å². The van der Waals surface area contributed by atoms with Crippen LogP contribution in [0.1, 0.15) is 20.9 Å². The third-order valence-electron chi connectivity index (χ3n) is 2.46. The molecular weight excluding hydrogens is 312 g/mol. The Hall–Kier alpha value is -2.19. The molecule has 0 saturated carbocycles. The minimum Gasteiger partial charge on any atom is -0.477 e. The molecule has 6 nitrogen and oxygen atoms in total. The summed E-state index contributed by atoms with van der Waals surface area (Å²) < 4.78 is 26.0. The topological polar surface area (TPSA) is 96.4 Å². The number of hydrogen-bond acceptors (Lipinski definition) is 5. The molecule has 1 aromatic heterocycles. The number of aromatic carboxylic acids is 1. The van der Waals surface area contributed by atoms with E-state index in [0.29, 0.717) is 0 Å². The number of carboxylic acid groups (broad SMARTS) is 1. The van der Waals surface area contributed by atoms with Crippen LogP contribution in [-0.4, -0.2) is 24.5 Å². The van der Waals surface area contributed by atoms with Crippen molar-refractivity contribution in [2.45, 2.75) is 6.92 Å². The highest BCUT2D eigenvalue weighted by Crippen LogP contribution is 2.23. The van der Waals surface area contributed by atoms with Crippen molar-refractivity contribution < 1.29 is 18.3 Å². The summed E-state index contributed by atoms with van der Waals surface area (Å²) in [7, 11) is -3.74. The summed E-state index contributed by atoms with van der Waals surface area (Å²) in [5.41, 5.74) is 1.02. The van der Waals surface area contributed by atoms with E-state index in [1.807, 2.05) is 6.07 Å². The molecule has 0 radical (unpaired) electrons. The maximum absolute atomic E-state index is 11.9. The number of aromatic nitrogens is 1. The van der Waals surface area contributed by atoms with Gasteiger partial charge in [0, 0.05) is 0 Å². The van der Waals surface area contributed by atoms with Gasteiger partial charge in [-0.1, -0.05) is 41.7 Å². The molecule has 21 heavy (non-hydrogen) atoms. The maximum Gasteiger partial charge on any atom is 0.347 e. The van der Waals surface area contributed by atoms with Crippen molar-refractivity contribution >= 4 is 38.5 Å². The first-order chi connectivity index (χ1) is 9.87. The minimum atomic E-state index is -3.74. The third-order valence-corrected chi connectivity index (χ3v) is 4.62. The second kappa shape index (κ2) is 6.06. The average molecular weight is 324 g/mol. The van der Waals surface area contributed by atoms with Crippen LogP contribution in [0.2, 0.25) is 0 Å². The van der Waals surface area contributed by atoms with Gasteiger partial charge in [0.15, 0.2) is 5.13 Å². The average Bonchev–Trinajstić information content (AvgIpc) is 2.78. The van der Waals surface area contributed by atoms with Crippen LogP contribution in [-0.2, 0) is 10.0 Å². The Morgan fingerprint density at radius 2 is 2.00 bits per heavy atom. The molecule has 0 aliphatic rings. The van der Waals surface area contributed by atoms with Gasteiger partial charge in [0.25, 0.3) is 10.0 Å². The van der Waals surface area contributed by atoms with Gasteiger partial charge < -0.3 is 5.11 Å². The molecule has 0 aliphatic heterocycles. The first-order valence-corrected chi connectivity index (χ1v) is 8.20. The predicted octanol–water partition coefficient (Wildman–Crippen LogP) is 2.56. The number of carbonyl (C=O) groups is 1. The van der Waals surface area contributed by atoms with Crippen molar-refractivity contribution in [2.24, 2.45) is 0 Å². The van der Waals surface area contributed by atoms with Crippen molar-refractivity contribution in [1.29, 1.82) is 0 Å². The van der Waals surface area contributed by atoms with E-state index in [1.54, 1.807) is 24.3 Å². The standard InChI is InChI=1S/C13H12N2O4S2/c1-9-11(12(16)17)20-13(14-9)15-21(18,19)8-7-10-5-3-2-4-6-10/h2-8H,1H3,(H,14,15)(H,16,17)/b8-7+. The van der Waals surface area contributed by atoms with E-state index in [4.69, 9.17) is 5.11 Å². The number of rotatable bonds is 5. The van der Waals surface area contributed by atoms with Crippen LogP contribution in [0.3, 0.4) is 0 Å². The third kappa shape index (κ3) is 4.14. The predicted molar refractivity (Wildman–Crippen MR) is 81.8 cm³/mol. The smallest absolute Gasteiger partial charge is 0.347 e. The lowest BCUT2D eigenvalue weighted by molar-refractivity contribution is 0.0701. The fourth-order valence-corrected chi connectivity index (χ4v) is 3.39. The Balaban J connectivity index is 2.16. The SMILES string of the molecule is Cc1nc(NS(=O)(=O)/C=C/c2ccccc2)sc1C(=O)O. The van der Waals surface area contributed by atoms with E-state index in [2.05, 4.69) is 9.71 Å². The maximum atomic E-state index is 11.9. The molecular formula is C13H12N2O4S2. The Labute approximate surface area is 125 Å². The lowest BCUT2D eigenvalue weighted by atomic mass is 10.2. The van der Waals surface area contributed by atoms with Gasteiger partial charge in [0.2, 0.25) is 0 Å². The number of nitrogens with one attached hydrogen (secondary N) is 1. The summed E-state index contributed by atoms with van der Waals surface area (Å²) in [5.74, 6) is -1.13. The Morgan fingerprint density at radius 3 is 2.57 bits per heavy atom. The summed E-state index contributed by atoms with van der Waals surface area (Å²) in [4.78, 5) is 14.8. The lowest BCUT2D eigenvalue weighted by Gasteiger charge is -1.99. The van der Waals surface area contributed by atoms with Gasteiger partial charge in [0.1, 0.15) is 4.88 Å². The number of hydrogen-bond donors (Lipinski definition) is 2. The number of aryl methyl sites for hydroxylation is 1. The van der Waals surface area contributed by atoms with Crippen molar-refractivity contribution in [2.75, 3.05) is 4.72 Å². The van der Waals surface area contributed by atoms with E-state index in [1.165, 1.54) is 13.0 Å². The summed E-state index contributed by atoms with van der Waals surface area (Å²) in [5, 5.41) is 9.95. The highest BCUT2D eigenvalue weighted by Gasteiger charge is 2.16. The molecule has 0 fully saturated rings. The fourth-order valence-electron chi connectivity index (χ4n) is 1.53. The fraction of sp³-hybridized carbons (Fsp3) is 0.0769. The van der Waals surface area contributed by atoms with E-state index in [9.17, 15) is 13.2 Å². The van der Waals surface area contributed by atoms with E-state index in [-0.39, 0.29) is 15.7 Å². The molecule has 2 aromatic rings. The quantitative estimate of drug-likeness (QED) is 0.881. The molecule has 1 heterocycles. The van der Waals surface area contributed by atoms with E-state index < -0.39 is 16.0 Å². The summed E-state index contributed by atoms with van der Waals surface area (Å²) in [6.45, 7) is 1.51. The van der Waals surface area contributed by atoms with E-state index in [0.717, 1.165) is 22.3 Å². The van der Waals surface area contributed by atoms with Gasteiger partial charge in [0.05, 0.1) is 11.1 Å². The zero-order valence-corrected chi connectivity index (χ0v) is 12.6. The van der Waals surface area contributed by atoms with Gasteiger partial charge in [-0.25, -0.2) is 18.2 Å². The zero-order valence-electron chi connectivity index (χ0n) is 11.0. The zero-order chi connectivity index (χ0) is 15.5. The van der Waals surface area contributed by atoms with Crippen LogP contribution in [0.4, 0.5) is 5.13 Å². The molecule has 0 bridgehead atoms. The second-order valence-electron chi connectivity index (χ2n) is 4.10. The molecule has 1 aromatic carbocycles. The van der Waals surface area contributed by atoms with Crippen LogP contribution in [0, 0.1) is 6.92 Å². The van der Waals surface area contributed by atoms with Crippen LogP contribution in [0.15, 0.2) is 35.7 Å². The molecule has 0 atom stereocenters. The first kappa shape index (κ1) is 15.2. The second-order valence-corrected chi connectivity index (χ2v) is 6.66. The highest BCUT2D eigenvalue weighted by molar-refractivity contribution is 7.95. The van der Waals surface area contributed by atoms with Gasteiger partial charge in [-0.15, -0.1) is 0 Å². The monoisotopic (exact) mass is 324 g/mol. The molecule has 8 heteroatoms. The molecule has 110 valence electrons. The molecule has 0 spiro atoms. The number of thiazole rings is 1. The molecule has 0 amide bonds. The van der Waals surface area contributed by atoms with E-state index >= 15 is 0 Å². The molecule has 0 unspecified atom stereocenters. The largest absolute Gasteiger partial charge is 0.477 e. The van der Waals surface area contributed by atoms with Gasteiger partial charge >= 0.3 is 5.97 Å². The molecule has 2 rings (SSSR count). The normalized spacial score (nSPS) is 11.7. The number of anilines is 1. The van der Waals surface area contributed by atoms with Gasteiger partial charge in [-0.05, 0) is 18.6 Å². The molecule has 0 aliphatic carbocycles. The number of nitrogens with zero attached hydrogens (tertiary/aromatic N) is 1. The Bertz CT molecular complexity index is 780. The van der Waals surface area contributed by atoms with Gasteiger partial charge in [-0.3, -0.25) is 4.72 Å². The summed E-state index contributed by atoms with van der Waals surface area (Å²) in [6.07, 6.45) is 1.45. The van der Waals surface area contributed by atoms with Crippen molar-refractivity contribution in [3.63, 3.8) is 0 Å². The summed E-state index contributed by atoms with van der Waals surface area (Å²) >= 11 is 0.781. The molecule has 0 saturated heterocycles. The summed E-state index contributed by atoms with van der Waals surface area (Å²) in [6, 6.07) is 8.95. The Kier molecular flexibility index (Phi) is 4.39. The van der Waals surface area contributed by atoms with Crippen molar-refractivity contribution in [3.8, 4) is 0 Å². The first-order valence-electron chi connectivity index (χ1n) is 5.84. The Morgan fingerprint density at radius 1 is 1.33 bits per heavy atom. The van der Waals surface area contributed by atoms with Crippen LogP contribution >= 0.6 is 11.3 Å². The van der Waals surface area contributed by atoms with Crippen molar-refractivity contribution in [3.05, 3.63) is 51.9 Å². The lowest BCUT2D eigenvalue weighted by Crippen LogP contribution is -2.08. The number of sulfonamides is 1. The minimum absolute atomic E-state index is 0.0136. The highest BCUT2D eigenvalue weighted by atomic mass is 32.2. The van der Waals surface area contributed by atoms with Crippen LogP contribution < -0.4 is 4.72 Å². The van der Waals surface area contributed by atoms with Crippen LogP contribution in [0.25, 0.3) is 6.08 Å². The van der Waals surface area contributed by atoms with Crippen molar-refractivity contribution in [1.82, 2.24) is 4.98 Å². The molecule has 2 N–H and O–H groups in total. The van der Waals surface area contributed by atoms with Crippen LogP contribution in [0.5, 0.6) is 0 Å². The number of benzene rings is 1. The number of carboxylic acids is 1.